The molecule has 1 aliphatic carbocycles. The van der Waals surface area contributed by atoms with Crippen molar-refractivity contribution in [3.63, 3.8) is 0 Å². The molecule has 5 heteroatoms. The second-order valence-electron chi connectivity index (χ2n) is 6.92. The highest BCUT2D eigenvalue weighted by Gasteiger charge is 2.47. The third kappa shape index (κ3) is 3.06. The molecule has 1 saturated carbocycles. The highest BCUT2D eigenvalue weighted by Crippen LogP contribution is 2.45. The quantitative estimate of drug-likeness (QED) is 0.790. The molecule has 0 atom stereocenters. The van der Waals surface area contributed by atoms with Gasteiger partial charge in [0.25, 0.3) is 0 Å². The first kappa shape index (κ1) is 16.6. The number of aromatic nitrogens is 1. The van der Waals surface area contributed by atoms with Gasteiger partial charge in [0.15, 0.2) is 0 Å². The van der Waals surface area contributed by atoms with Crippen LogP contribution in [0.2, 0.25) is 0 Å². The second kappa shape index (κ2) is 6.79. The lowest BCUT2D eigenvalue weighted by Crippen LogP contribution is -2.56. The molecule has 2 aliphatic rings. The summed E-state index contributed by atoms with van der Waals surface area (Å²) in [5.41, 5.74) is 0.905. The molecule has 0 radical (unpaired) electrons. The van der Waals surface area contributed by atoms with Crippen LogP contribution < -0.4 is 4.90 Å². The topological polar surface area (TPSA) is 36.4 Å². The molecule has 1 aromatic heterocycles. The van der Waals surface area contributed by atoms with Crippen LogP contribution >= 0.6 is 15.9 Å². The van der Waals surface area contributed by atoms with Crippen LogP contribution in [0.5, 0.6) is 0 Å². The van der Waals surface area contributed by atoms with Crippen molar-refractivity contribution in [1.82, 2.24) is 9.88 Å². The Morgan fingerprint density at radius 1 is 1.00 bits per heavy atom. The van der Waals surface area contributed by atoms with Crippen LogP contribution in [-0.4, -0.2) is 42.0 Å². The van der Waals surface area contributed by atoms with E-state index in [4.69, 9.17) is 0 Å². The van der Waals surface area contributed by atoms with Crippen LogP contribution in [-0.2, 0) is 10.2 Å². The molecule has 2 fully saturated rings. The van der Waals surface area contributed by atoms with E-state index in [0.29, 0.717) is 5.91 Å². The minimum Gasteiger partial charge on any atom is -0.353 e. The third-order valence-electron chi connectivity index (χ3n) is 5.55. The zero-order chi connectivity index (χ0) is 17.3. The van der Waals surface area contributed by atoms with E-state index in [-0.39, 0.29) is 5.41 Å². The van der Waals surface area contributed by atoms with Crippen molar-refractivity contribution in [3.05, 3.63) is 58.7 Å². The Morgan fingerprint density at radius 3 is 2.28 bits per heavy atom. The average molecular weight is 400 g/mol. The molecule has 0 unspecified atom stereocenters. The number of benzene rings is 1. The van der Waals surface area contributed by atoms with Gasteiger partial charge in [0.1, 0.15) is 5.82 Å². The number of hydrogen-bond donors (Lipinski definition) is 0. The SMILES string of the molecule is O=C(N1CCN(c2ccc(Br)cn2)CC1)C1(c2ccccc2)CCC1. The molecular weight excluding hydrogens is 378 g/mol. The molecule has 0 spiro atoms. The summed E-state index contributed by atoms with van der Waals surface area (Å²) in [6, 6.07) is 14.4. The summed E-state index contributed by atoms with van der Waals surface area (Å²) in [5.74, 6) is 1.30. The standard InChI is InChI=1S/C20H22BrN3O/c21-17-7-8-18(22-15-17)23-11-13-24(14-12-23)19(25)20(9-4-10-20)16-5-2-1-3-6-16/h1-3,5-8,15H,4,9-14H2. The number of carbonyl (C=O) groups excluding carboxylic acids is 1. The Bertz CT molecular complexity index is 735. The number of pyridine rings is 1. The zero-order valence-corrected chi connectivity index (χ0v) is 15.8. The van der Waals surface area contributed by atoms with Crippen LogP contribution in [0.25, 0.3) is 0 Å². The fraction of sp³-hybridized carbons (Fsp3) is 0.400. The number of carbonyl (C=O) groups is 1. The van der Waals surface area contributed by atoms with Gasteiger partial charge in [0.05, 0.1) is 5.41 Å². The van der Waals surface area contributed by atoms with Gasteiger partial charge in [0.2, 0.25) is 5.91 Å². The Balaban J connectivity index is 1.45. The molecule has 1 aliphatic heterocycles. The molecule has 130 valence electrons. The van der Waals surface area contributed by atoms with Crippen LogP contribution in [0.15, 0.2) is 53.1 Å². The molecule has 25 heavy (non-hydrogen) atoms. The molecule has 2 aromatic rings. The first-order valence-electron chi connectivity index (χ1n) is 8.90. The molecule has 4 rings (SSSR count). The van der Waals surface area contributed by atoms with Gasteiger partial charge in [0, 0.05) is 36.8 Å². The second-order valence-corrected chi connectivity index (χ2v) is 7.83. The number of piperazine rings is 1. The average Bonchev–Trinajstić information content (AvgIpc) is 2.62. The number of halogens is 1. The summed E-state index contributed by atoms with van der Waals surface area (Å²) in [6.07, 6.45) is 4.92. The Morgan fingerprint density at radius 2 is 1.72 bits per heavy atom. The maximum Gasteiger partial charge on any atom is 0.233 e. The van der Waals surface area contributed by atoms with E-state index in [0.717, 1.165) is 55.7 Å². The van der Waals surface area contributed by atoms with E-state index in [1.807, 2.05) is 36.5 Å². The predicted molar refractivity (Wildman–Crippen MR) is 103 cm³/mol. The van der Waals surface area contributed by atoms with E-state index in [1.165, 1.54) is 5.56 Å². The minimum atomic E-state index is -0.278. The largest absolute Gasteiger partial charge is 0.353 e. The molecule has 4 nitrogen and oxygen atoms in total. The van der Waals surface area contributed by atoms with Gasteiger partial charge in [-0.2, -0.15) is 0 Å². The fourth-order valence-electron chi connectivity index (χ4n) is 3.91. The van der Waals surface area contributed by atoms with Crippen molar-refractivity contribution in [1.29, 1.82) is 0 Å². The summed E-state index contributed by atoms with van der Waals surface area (Å²) in [4.78, 5) is 22.1. The Kier molecular flexibility index (Phi) is 4.50. The fourth-order valence-corrected chi connectivity index (χ4v) is 4.14. The monoisotopic (exact) mass is 399 g/mol. The van der Waals surface area contributed by atoms with Gasteiger partial charge in [-0.25, -0.2) is 4.98 Å². The number of hydrogen-bond acceptors (Lipinski definition) is 3. The van der Waals surface area contributed by atoms with Crippen molar-refractivity contribution in [2.45, 2.75) is 24.7 Å². The van der Waals surface area contributed by atoms with Crippen molar-refractivity contribution < 1.29 is 4.79 Å². The summed E-state index contributed by atoms with van der Waals surface area (Å²) in [6.45, 7) is 3.22. The number of amides is 1. The van der Waals surface area contributed by atoms with E-state index >= 15 is 0 Å². The van der Waals surface area contributed by atoms with Crippen molar-refractivity contribution in [2.24, 2.45) is 0 Å². The molecular formula is C20H22BrN3O. The maximum absolute atomic E-state index is 13.3. The van der Waals surface area contributed by atoms with Crippen molar-refractivity contribution in [2.75, 3.05) is 31.1 Å². The Hall–Kier alpha value is -1.88. The van der Waals surface area contributed by atoms with Gasteiger partial charge in [-0.3, -0.25) is 4.79 Å². The predicted octanol–water partition coefficient (Wildman–Crippen LogP) is 3.61. The molecule has 0 N–H and O–H groups in total. The summed E-state index contributed by atoms with van der Waals surface area (Å²) in [5, 5.41) is 0. The lowest BCUT2D eigenvalue weighted by Gasteiger charge is -2.46. The van der Waals surface area contributed by atoms with Gasteiger partial charge in [-0.05, 0) is 46.5 Å². The van der Waals surface area contributed by atoms with Gasteiger partial charge in [-0.1, -0.05) is 36.8 Å². The Labute approximate surface area is 157 Å². The van der Waals surface area contributed by atoms with Gasteiger partial charge >= 0.3 is 0 Å². The van der Waals surface area contributed by atoms with Crippen LogP contribution in [0.1, 0.15) is 24.8 Å². The van der Waals surface area contributed by atoms with E-state index in [9.17, 15) is 4.79 Å². The van der Waals surface area contributed by atoms with Gasteiger partial charge < -0.3 is 9.80 Å². The molecule has 0 bridgehead atoms. The van der Waals surface area contributed by atoms with E-state index in [2.05, 4.69) is 42.8 Å². The first-order chi connectivity index (χ1) is 12.2. The number of nitrogens with zero attached hydrogens (tertiary/aromatic N) is 3. The maximum atomic E-state index is 13.3. The number of anilines is 1. The van der Waals surface area contributed by atoms with Crippen LogP contribution in [0.4, 0.5) is 5.82 Å². The number of rotatable bonds is 3. The smallest absolute Gasteiger partial charge is 0.233 e. The lowest BCUT2D eigenvalue weighted by molar-refractivity contribution is -0.141. The lowest BCUT2D eigenvalue weighted by atomic mass is 9.63. The van der Waals surface area contributed by atoms with Crippen molar-refractivity contribution >= 4 is 27.7 Å². The molecule has 1 saturated heterocycles. The summed E-state index contributed by atoms with van der Waals surface area (Å²) in [7, 11) is 0. The molecule has 1 amide bonds. The summed E-state index contributed by atoms with van der Waals surface area (Å²) >= 11 is 3.42. The molecule has 2 heterocycles. The minimum absolute atomic E-state index is 0.278. The summed E-state index contributed by atoms with van der Waals surface area (Å²) < 4.78 is 0.986. The first-order valence-corrected chi connectivity index (χ1v) is 9.70. The van der Waals surface area contributed by atoms with Crippen molar-refractivity contribution in [3.8, 4) is 0 Å². The van der Waals surface area contributed by atoms with E-state index < -0.39 is 0 Å². The third-order valence-corrected chi connectivity index (χ3v) is 6.01. The van der Waals surface area contributed by atoms with Crippen LogP contribution in [0, 0.1) is 0 Å². The highest BCUT2D eigenvalue weighted by atomic mass is 79.9. The normalized spacial score (nSPS) is 19.4. The zero-order valence-electron chi connectivity index (χ0n) is 14.2. The van der Waals surface area contributed by atoms with E-state index in [1.54, 1.807) is 0 Å². The van der Waals surface area contributed by atoms with Crippen LogP contribution in [0.3, 0.4) is 0 Å². The highest BCUT2D eigenvalue weighted by molar-refractivity contribution is 9.10. The molecule has 1 aromatic carbocycles. The van der Waals surface area contributed by atoms with Gasteiger partial charge in [-0.15, -0.1) is 0 Å².